The highest BCUT2D eigenvalue weighted by molar-refractivity contribution is 6.12. The van der Waals surface area contributed by atoms with Crippen molar-refractivity contribution in [1.29, 1.82) is 0 Å². The first-order chi connectivity index (χ1) is 13.5. The Morgan fingerprint density at radius 1 is 0.821 bits per heavy atom. The van der Waals surface area contributed by atoms with Crippen molar-refractivity contribution in [2.75, 3.05) is 5.32 Å². The maximum atomic E-state index is 4.62. The smallest absolute Gasteiger partial charge is 0.165 e. The van der Waals surface area contributed by atoms with Gasteiger partial charge < -0.3 is 9.88 Å². The number of hydrogen-bond acceptors (Lipinski definition) is 4. The van der Waals surface area contributed by atoms with Crippen molar-refractivity contribution < 1.29 is 0 Å². The molecule has 5 nitrogen and oxygen atoms in total. The fourth-order valence-electron chi connectivity index (χ4n) is 3.68. The molecule has 0 saturated heterocycles. The predicted molar refractivity (Wildman–Crippen MR) is 115 cm³/mol. The number of rotatable bonds is 2. The van der Waals surface area contributed by atoms with Crippen LogP contribution in [0.15, 0.2) is 67.3 Å². The van der Waals surface area contributed by atoms with Gasteiger partial charge in [-0.3, -0.25) is 0 Å². The third kappa shape index (κ3) is 2.59. The zero-order chi connectivity index (χ0) is 19.3. The molecule has 2 aromatic heterocycles. The zero-order valence-electron chi connectivity index (χ0n) is 16.1. The van der Waals surface area contributed by atoms with E-state index in [0.29, 0.717) is 0 Å². The van der Waals surface area contributed by atoms with Gasteiger partial charge in [-0.15, -0.1) is 0 Å². The molecule has 0 radical (unpaired) electrons. The molecule has 0 amide bonds. The van der Waals surface area contributed by atoms with Crippen molar-refractivity contribution in [1.82, 2.24) is 19.5 Å². The molecule has 5 rings (SSSR count). The van der Waals surface area contributed by atoms with Crippen LogP contribution in [0.3, 0.4) is 0 Å². The molecule has 5 heteroatoms. The van der Waals surface area contributed by atoms with Crippen LogP contribution >= 0.6 is 0 Å². The lowest BCUT2D eigenvalue weighted by molar-refractivity contribution is 0.406. The predicted octanol–water partition coefficient (Wildman–Crippen LogP) is 5.63. The Kier molecular flexibility index (Phi) is 3.59. The van der Waals surface area contributed by atoms with Gasteiger partial charge in [-0.05, 0) is 37.6 Å². The molecule has 0 unspecified atom stereocenters. The van der Waals surface area contributed by atoms with Crippen molar-refractivity contribution in [3.63, 3.8) is 0 Å². The van der Waals surface area contributed by atoms with Crippen molar-refractivity contribution in [2.45, 2.75) is 26.3 Å². The number of benzene rings is 3. The van der Waals surface area contributed by atoms with Crippen LogP contribution in [0.5, 0.6) is 0 Å². The molecule has 0 bridgehead atoms. The van der Waals surface area contributed by atoms with Crippen molar-refractivity contribution in [2.24, 2.45) is 0 Å². The average molecular weight is 367 g/mol. The fraction of sp³-hybridized carbons (Fsp3) is 0.174. The average Bonchev–Trinajstić information content (AvgIpc) is 3.13. The van der Waals surface area contributed by atoms with E-state index in [1.54, 1.807) is 6.33 Å². The van der Waals surface area contributed by atoms with Crippen molar-refractivity contribution >= 4 is 44.2 Å². The molecule has 5 aromatic rings. The quantitative estimate of drug-likeness (QED) is 0.411. The van der Waals surface area contributed by atoms with Crippen LogP contribution in [0.2, 0.25) is 0 Å². The molecule has 138 valence electrons. The summed E-state index contributed by atoms with van der Waals surface area (Å²) in [6.45, 7) is 6.42. The Labute approximate surface area is 163 Å². The molecular weight excluding hydrogens is 346 g/mol. The number of hydrogen-bond donors (Lipinski definition) is 1. The van der Waals surface area contributed by atoms with E-state index < -0.39 is 0 Å². The molecule has 28 heavy (non-hydrogen) atoms. The van der Waals surface area contributed by atoms with Gasteiger partial charge in [-0.2, -0.15) is 0 Å². The topological polar surface area (TPSA) is 55.6 Å². The number of anilines is 2. The van der Waals surface area contributed by atoms with Gasteiger partial charge in [0, 0.05) is 16.3 Å². The summed E-state index contributed by atoms with van der Waals surface area (Å²) >= 11 is 0. The second kappa shape index (κ2) is 6.02. The van der Waals surface area contributed by atoms with Crippen molar-refractivity contribution in [3.05, 3.63) is 67.3 Å². The van der Waals surface area contributed by atoms with Crippen LogP contribution in [-0.4, -0.2) is 19.5 Å². The molecule has 0 aliphatic heterocycles. The Bertz CT molecular complexity index is 1270. The minimum absolute atomic E-state index is 0.105. The van der Waals surface area contributed by atoms with Gasteiger partial charge in [0.05, 0.1) is 12.0 Å². The van der Waals surface area contributed by atoms with Crippen LogP contribution in [0, 0.1) is 0 Å². The van der Waals surface area contributed by atoms with Gasteiger partial charge in [-0.1, -0.05) is 48.5 Å². The van der Waals surface area contributed by atoms with Gasteiger partial charge in [0.15, 0.2) is 17.0 Å². The monoisotopic (exact) mass is 367 g/mol. The molecule has 1 N–H and O–H groups in total. The van der Waals surface area contributed by atoms with E-state index in [0.717, 1.165) is 33.4 Å². The number of nitrogens with one attached hydrogen (secondary N) is 1. The molecule has 0 aliphatic carbocycles. The normalized spacial score (nSPS) is 12.1. The summed E-state index contributed by atoms with van der Waals surface area (Å²) in [4.78, 5) is 13.6. The summed E-state index contributed by atoms with van der Waals surface area (Å²) in [5, 5.41) is 8.26. The van der Waals surface area contributed by atoms with E-state index in [1.807, 2.05) is 6.33 Å². The van der Waals surface area contributed by atoms with E-state index in [2.05, 4.69) is 100 Å². The molecule has 0 spiro atoms. The summed E-state index contributed by atoms with van der Waals surface area (Å²) in [5.74, 6) is 0.717. The van der Waals surface area contributed by atoms with Crippen molar-refractivity contribution in [3.8, 4) is 0 Å². The lowest BCUT2D eigenvalue weighted by Crippen LogP contribution is -2.21. The first kappa shape index (κ1) is 16.7. The summed E-state index contributed by atoms with van der Waals surface area (Å²) in [6, 6.07) is 19.0. The van der Waals surface area contributed by atoms with Crippen LogP contribution in [-0.2, 0) is 5.54 Å². The summed E-state index contributed by atoms with van der Waals surface area (Å²) in [6.07, 6.45) is 3.44. The maximum Gasteiger partial charge on any atom is 0.165 e. The number of nitrogens with zero attached hydrogens (tertiary/aromatic N) is 4. The number of fused-ring (bicyclic) bond motifs is 3. The molecule has 0 aliphatic rings. The zero-order valence-corrected chi connectivity index (χ0v) is 16.1. The van der Waals surface area contributed by atoms with E-state index in [1.165, 1.54) is 10.8 Å². The van der Waals surface area contributed by atoms with Gasteiger partial charge in [0.2, 0.25) is 0 Å². The maximum absolute atomic E-state index is 4.62. The second-order valence-electron chi connectivity index (χ2n) is 8.00. The van der Waals surface area contributed by atoms with Crippen LogP contribution in [0.4, 0.5) is 11.5 Å². The Morgan fingerprint density at radius 2 is 1.46 bits per heavy atom. The molecule has 2 heterocycles. The van der Waals surface area contributed by atoms with Gasteiger partial charge in [-0.25, -0.2) is 15.0 Å². The lowest BCUT2D eigenvalue weighted by atomic mass is 10.0. The SMILES string of the molecule is CC(C)(C)n1cnc2c(Nc3c4ccccc4cc4ccccc34)ncnc21. The summed E-state index contributed by atoms with van der Waals surface area (Å²) in [7, 11) is 0. The Morgan fingerprint density at radius 3 is 2.11 bits per heavy atom. The molecule has 0 saturated carbocycles. The highest BCUT2D eigenvalue weighted by Crippen LogP contribution is 2.35. The van der Waals surface area contributed by atoms with E-state index >= 15 is 0 Å². The van der Waals surface area contributed by atoms with E-state index in [9.17, 15) is 0 Å². The van der Waals surface area contributed by atoms with Gasteiger partial charge >= 0.3 is 0 Å². The number of imidazole rings is 1. The second-order valence-corrected chi connectivity index (χ2v) is 8.00. The van der Waals surface area contributed by atoms with Crippen LogP contribution < -0.4 is 5.32 Å². The highest BCUT2D eigenvalue weighted by atomic mass is 15.2. The Balaban J connectivity index is 1.75. The molecule has 0 atom stereocenters. The molecular formula is C23H21N5. The third-order valence-electron chi connectivity index (χ3n) is 5.07. The van der Waals surface area contributed by atoms with Gasteiger partial charge in [0.25, 0.3) is 0 Å². The minimum Gasteiger partial charge on any atom is -0.337 e. The highest BCUT2D eigenvalue weighted by Gasteiger charge is 2.19. The van der Waals surface area contributed by atoms with Crippen LogP contribution in [0.25, 0.3) is 32.7 Å². The first-order valence-corrected chi connectivity index (χ1v) is 9.38. The van der Waals surface area contributed by atoms with Gasteiger partial charge in [0.1, 0.15) is 6.33 Å². The van der Waals surface area contributed by atoms with E-state index in [4.69, 9.17) is 0 Å². The number of aromatic nitrogens is 4. The lowest BCUT2D eigenvalue weighted by Gasteiger charge is -2.20. The fourth-order valence-corrected chi connectivity index (χ4v) is 3.68. The molecule has 0 fully saturated rings. The van der Waals surface area contributed by atoms with E-state index in [-0.39, 0.29) is 5.54 Å². The minimum atomic E-state index is -0.105. The van der Waals surface area contributed by atoms with Crippen LogP contribution in [0.1, 0.15) is 20.8 Å². The largest absolute Gasteiger partial charge is 0.337 e. The summed E-state index contributed by atoms with van der Waals surface area (Å²) < 4.78 is 2.08. The molecule has 3 aromatic carbocycles. The Hall–Kier alpha value is -3.47. The third-order valence-corrected chi connectivity index (χ3v) is 5.07. The standard InChI is InChI=1S/C23H21N5/c1-23(2,3)28-14-26-20-21(24-13-25-22(20)28)27-19-17-10-6-4-8-15(17)12-16-9-5-7-11-18(16)19/h4-14H,1-3H3,(H,24,25,27). The summed E-state index contributed by atoms with van der Waals surface area (Å²) in [5.41, 5.74) is 2.54. The first-order valence-electron chi connectivity index (χ1n) is 9.38.